The van der Waals surface area contributed by atoms with Gasteiger partial charge >= 0.3 is 5.69 Å². The molecule has 0 saturated carbocycles. The van der Waals surface area contributed by atoms with Crippen LogP contribution in [-0.2, 0) is 19.5 Å². The largest absolute Gasteiger partial charge is 0.484 e. The minimum atomic E-state index is -4.02. The minimum Gasteiger partial charge on any atom is -0.484 e. The number of nitrogens with two attached hydrogens (primary N) is 1. The topological polar surface area (TPSA) is 131 Å². The fourth-order valence-electron chi connectivity index (χ4n) is 2.22. The molecule has 1 fully saturated rings. The third-order valence-electron chi connectivity index (χ3n) is 3.54. The van der Waals surface area contributed by atoms with E-state index in [2.05, 4.69) is 0 Å². The summed E-state index contributed by atoms with van der Waals surface area (Å²) in [6, 6.07) is 3.27. The number of hydrogen-bond donors (Lipinski definition) is 1. The first kappa shape index (κ1) is 17.6. The molecule has 0 spiro atoms. The molecule has 1 aliphatic rings. The van der Waals surface area contributed by atoms with Gasteiger partial charge in [-0.3, -0.25) is 10.1 Å². The lowest BCUT2D eigenvalue weighted by atomic mass is 10.1. The van der Waals surface area contributed by atoms with E-state index in [1.165, 1.54) is 12.1 Å². The van der Waals surface area contributed by atoms with Gasteiger partial charge < -0.3 is 14.2 Å². The van der Waals surface area contributed by atoms with Crippen molar-refractivity contribution in [3.05, 3.63) is 28.3 Å². The van der Waals surface area contributed by atoms with Gasteiger partial charge in [0.25, 0.3) is 0 Å². The summed E-state index contributed by atoms with van der Waals surface area (Å²) in [5.41, 5.74) is -0.456. The molecule has 1 saturated heterocycles. The Balaban J connectivity index is 2.06. The van der Waals surface area contributed by atoms with Gasteiger partial charge in [0.1, 0.15) is 6.61 Å². The number of sulfonamides is 1. The molecule has 10 heteroatoms. The molecule has 0 bridgehead atoms. The van der Waals surface area contributed by atoms with Crippen LogP contribution in [0.25, 0.3) is 0 Å². The molecule has 128 valence electrons. The molecule has 0 unspecified atom stereocenters. The van der Waals surface area contributed by atoms with E-state index in [-0.39, 0.29) is 29.5 Å². The maximum atomic E-state index is 11.3. The van der Waals surface area contributed by atoms with Crippen LogP contribution in [0.3, 0.4) is 0 Å². The number of ether oxygens (including phenoxy) is 3. The van der Waals surface area contributed by atoms with Crippen molar-refractivity contribution in [2.75, 3.05) is 20.3 Å². The Morgan fingerprint density at radius 1 is 1.43 bits per heavy atom. The lowest BCUT2D eigenvalue weighted by Gasteiger charge is -2.27. The lowest BCUT2D eigenvalue weighted by Crippen LogP contribution is -2.34. The summed E-state index contributed by atoms with van der Waals surface area (Å²) < 4.78 is 38.7. The first-order valence-electron chi connectivity index (χ1n) is 6.89. The third-order valence-corrected chi connectivity index (χ3v) is 4.45. The number of rotatable bonds is 6. The Hall–Kier alpha value is -1.75. The van der Waals surface area contributed by atoms with Gasteiger partial charge in [0.05, 0.1) is 28.6 Å². The molecule has 9 nitrogen and oxygen atoms in total. The summed E-state index contributed by atoms with van der Waals surface area (Å²) in [7, 11) is -2.41. The maximum absolute atomic E-state index is 11.3. The van der Waals surface area contributed by atoms with Crippen LogP contribution < -0.4 is 9.88 Å². The highest BCUT2D eigenvalue weighted by Crippen LogP contribution is 2.30. The van der Waals surface area contributed by atoms with Crippen molar-refractivity contribution in [1.29, 1.82) is 0 Å². The maximum Gasteiger partial charge on any atom is 0.312 e. The van der Waals surface area contributed by atoms with Gasteiger partial charge in [-0.05, 0) is 25.0 Å². The first-order chi connectivity index (χ1) is 10.8. The van der Waals surface area contributed by atoms with Crippen LogP contribution in [0.1, 0.15) is 12.8 Å². The molecular formula is C13H18N2O7S. The van der Waals surface area contributed by atoms with Crippen molar-refractivity contribution in [2.24, 2.45) is 5.14 Å². The van der Waals surface area contributed by atoms with Crippen LogP contribution in [0.5, 0.6) is 5.75 Å². The van der Waals surface area contributed by atoms with Crippen molar-refractivity contribution in [3.8, 4) is 5.75 Å². The normalized spacial score (nSPS) is 21.8. The Morgan fingerprint density at radius 3 is 2.70 bits per heavy atom. The SMILES string of the molecule is CO[C@H]1CC[C@H](COc2ccc(S(N)(=O)=O)cc2[N+](=O)[O-])OC1. The zero-order valence-corrected chi connectivity index (χ0v) is 13.3. The molecule has 0 amide bonds. The van der Waals surface area contributed by atoms with E-state index in [1.807, 2.05) is 0 Å². The second-order valence-electron chi connectivity index (χ2n) is 5.13. The van der Waals surface area contributed by atoms with Crippen LogP contribution in [0.4, 0.5) is 5.69 Å². The van der Waals surface area contributed by atoms with Gasteiger partial charge in [-0.1, -0.05) is 0 Å². The summed E-state index contributed by atoms with van der Waals surface area (Å²) in [5, 5.41) is 16.0. The number of nitro benzene ring substituents is 1. The Bertz CT molecular complexity index is 669. The number of hydrogen-bond acceptors (Lipinski definition) is 7. The van der Waals surface area contributed by atoms with E-state index >= 15 is 0 Å². The van der Waals surface area contributed by atoms with Crippen molar-refractivity contribution < 1.29 is 27.6 Å². The average molecular weight is 346 g/mol. The molecule has 1 aromatic carbocycles. The smallest absolute Gasteiger partial charge is 0.312 e. The second kappa shape index (κ2) is 7.21. The fraction of sp³-hybridized carbons (Fsp3) is 0.538. The van der Waals surface area contributed by atoms with Gasteiger partial charge in [0.15, 0.2) is 5.75 Å². The summed E-state index contributed by atoms with van der Waals surface area (Å²) in [5.74, 6) is -0.0279. The average Bonchev–Trinajstić information content (AvgIpc) is 2.52. The second-order valence-corrected chi connectivity index (χ2v) is 6.69. The van der Waals surface area contributed by atoms with Crippen LogP contribution in [-0.4, -0.2) is 45.9 Å². The highest BCUT2D eigenvalue weighted by atomic mass is 32.2. The van der Waals surface area contributed by atoms with Crippen molar-refractivity contribution in [2.45, 2.75) is 29.9 Å². The number of methoxy groups -OCH3 is 1. The van der Waals surface area contributed by atoms with E-state index in [4.69, 9.17) is 19.3 Å². The molecule has 1 aromatic rings. The third kappa shape index (κ3) is 4.61. The molecule has 0 aliphatic carbocycles. The molecule has 0 aromatic heterocycles. The highest BCUT2D eigenvalue weighted by Gasteiger charge is 2.24. The van der Waals surface area contributed by atoms with Crippen molar-refractivity contribution >= 4 is 15.7 Å². The molecule has 2 N–H and O–H groups in total. The van der Waals surface area contributed by atoms with Gasteiger partial charge in [0.2, 0.25) is 10.0 Å². The van der Waals surface area contributed by atoms with E-state index in [9.17, 15) is 18.5 Å². The summed E-state index contributed by atoms with van der Waals surface area (Å²) in [4.78, 5) is 10.0. The van der Waals surface area contributed by atoms with Crippen LogP contribution in [0, 0.1) is 10.1 Å². The molecular weight excluding hydrogens is 328 g/mol. The standard InChI is InChI=1S/C13H18N2O7S/c1-20-9-2-3-10(21-7-9)8-22-13-5-4-11(23(14,18)19)6-12(13)15(16)17/h4-6,9-10H,2-3,7-8H2,1H3,(H2,14,18,19)/t9-,10+/m0/s1. The predicted molar refractivity (Wildman–Crippen MR) is 79.7 cm³/mol. The summed E-state index contributed by atoms with van der Waals surface area (Å²) in [6.07, 6.45) is 1.38. The molecule has 1 heterocycles. The Kier molecular flexibility index (Phi) is 5.52. The van der Waals surface area contributed by atoms with Crippen LogP contribution in [0.15, 0.2) is 23.1 Å². The monoisotopic (exact) mass is 346 g/mol. The summed E-state index contributed by atoms with van der Waals surface area (Å²) in [6.45, 7) is 0.572. The van der Waals surface area contributed by atoms with Crippen molar-refractivity contribution in [3.63, 3.8) is 0 Å². The fourth-order valence-corrected chi connectivity index (χ4v) is 2.75. The molecule has 1 aliphatic heterocycles. The zero-order chi connectivity index (χ0) is 17.0. The van der Waals surface area contributed by atoms with Crippen molar-refractivity contribution in [1.82, 2.24) is 0 Å². The minimum absolute atomic E-state index is 0.0279. The highest BCUT2D eigenvalue weighted by molar-refractivity contribution is 7.89. The number of primary sulfonamides is 1. The van der Waals surface area contributed by atoms with Crippen LogP contribution in [0.2, 0.25) is 0 Å². The molecule has 2 atom stereocenters. The van der Waals surface area contributed by atoms with E-state index < -0.39 is 20.6 Å². The number of benzene rings is 1. The van der Waals surface area contributed by atoms with Gasteiger partial charge in [0, 0.05) is 13.2 Å². The molecule has 0 radical (unpaired) electrons. The zero-order valence-electron chi connectivity index (χ0n) is 12.5. The molecule has 2 rings (SSSR count). The predicted octanol–water partition coefficient (Wildman–Crippen LogP) is 0.815. The number of nitro groups is 1. The van der Waals surface area contributed by atoms with Gasteiger partial charge in [-0.2, -0.15) is 0 Å². The lowest BCUT2D eigenvalue weighted by molar-refractivity contribution is -0.386. The number of nitrogens with zero attached hydrogens (tertiary/aromatic N) is 1. The van der Waals surface area contributed by atoms with E-state index in [0.29, 0.717) is 13.0 Å². The summed E-state index contributed by atoms with van der Waals surface area (Å²) >= 11 is 0. The Labute approximate surface area is 133 Å². The van der Waals surface area contributed by atoms with E-state index in [1.54, 1.807) is 7.11 Å². The molecule has 23 heavy (non-hydrogen) atoms. The van der Waals surface area contributed by atoms with Gasteiger partial charge in [-0.15, -0.1) is 0 Å². The first-order valence-corrected chi connectivity index (χ1v) is 8.44. The Morgan fingerprint density at radius 2 is 2.17 bits per heavy atom. The van der Waals surface area contributed by atoms with E-state index in [0.717, 1.165) is 12.5 Å². The van der Waals surface area contributed by atoms with Crippen LogP contribution >= 0.6 is 0 Å². The quantitative estimate of drug-likeness (QED) is 0.595. The van der Waals surface area contributed by atoms with Gasteiger partial charge in [-0.25, -0.2) is 13.6 Å².